The van der Waals surface area contributed by atoms with Gasteiger partial charge >= 0.3 is 0 Å². The molecule has 0 saturated heterocycles. The zero-order valence-corrected chi connectivity index (χ0v) is 10.0. The van der Waals surface area contributed by atoms with Gasteiger partial charge in [-0.2, -0.15) is 15.0 Å². The first-order valence-corrected chi connectivity index (χ1v) is 5.14. The van der Waals surface area contributed by atoms with Crippen molar-refractivity contribution in [1.82, 2.24) is 15.0 Å². The molecule has 0 radical (unpaired) electrons. The third kappa shape index (κ3) is 3.20. The highest BCUT2D eigenvalue weighted by atomic mass is 15.3. The zero-order valence-electron chi connectivity index (χ0n) is 10.0. The Morgan fingerprint density at radius 3 is 2.25 bits per heavy atom. The van der Waals surface area contributed by atoms with Crippen molar-refractivity contribution in [2.75, 3.05) is 49.8 Å². The number of hydrogen-bond acceptors (Lipinski definition) is 7. The molecule has 1 heterocycles. The largest absolute Gasteiger partial charge is 0.368 e. The Hall–Kier alpha value is -1.63. The molecule has 4 N–H and O–H groups in total. The van der Waals surface area contributed by atoms with E-state index in [9.17, 15) is 0 Å². The molecule has 90 valence electrons. The Morgan fingerprint density at radius 2 is 1.69 bits per heavy atom. The highest BCUT2D eigenvalue weighted by Gasteiger charge is 2.09. The SMILES string of the molecule is CN(C)c1nc(N)nc(N(C)CCCN)n1. The number of aromatic nitrogens is 3. The van der Waals surface area contributed by atoms with Gasteiger partial charge in [-0.3, -0.25) is 0 Å². The van der Waals surface area contributed by atoms with E-state index in [0.29, 0.717) is 18.4 Å². The van der Waals surface area contributed by atoms with E-state index >= 15 is 0 Å². The quantitative estimate of drug-likeness (QED) is 0.684. The molecule has 0 aliphatic rings. The van der Waals surface area contributed by atoms with Crippen molar-refractivity contribution in [1.29, 1.82) is 0 Å². The van der Waals surface area contributed by atoms with Gasteiger partial charge in [0.2, 0.25) is 17.8 Å². The van der Waals surface area contributed by atoms with Crippen LogP contribution in [-0.4, -0.2) is 49.2 Å². The fourth-order valence-corrected chi connectivity index (χ4v) is 1.17. The lowest BCUT2D eigenvalue weighted by Gasteiger charge is -2.18. The molecule has 0 bridgehead atoms. The van der Waals surface area contributed by atoms with Crippen LogP contribution in [0.3, 0.4) is 0 Å². The van der Waals surface area contributed by atoms with Gasteiger partial charge in [0.05, 0.1) is 0 Å². The molecule has 0 fully saturated rings. The molecule has 0 saturated carbocycles. The molecule has 7 heteroatoms. The minimum Gasteiger partial charge on any atom is -0.368 e. The molecule has 1 aromatic rings. The van der Waals surface area contributed by atoms with E-state index in [0.717, 1.165) is 13.0 Å². The van der Waals surface area contributed by atoms with Crippen LogP contribution in [0.2, 0.25) is 0 Å². The van der Waals surface area contributed by atoms with Crippen LogP contribution in [0, 0.1) is 0 Å². The lowest BCUT2D eigenvalue weighted by atomic mass is 10.4. The van der Waals surface area contributed by atoms with Gasteiger partial charge in [-0.15, -0.1) is 0 Å². The molecule has 0 amide bonds. The summed E-state index contributed by atoms with van der Waals surface area (Å²) in [5, 5.41) is 0. The maximum atomic E-state index is 5.62. The Balaban J connectivity index is 2.86. The molecule has 16 heavy (non-hydrogen) atoms. The first kappa shape index (κ1) is 12.4. The summed E-state index contributed by atoms with van der Waals surface area (Å²) >= 11 is 0. The minimum atomic E-state index is 0.230. The van der Waals surface area contributed by atoms with E-state index < -0.39 is 0 Å². The average Bonchev–Trinajstić information content (AvgIpc) is 2.24. The summed E-state index contributed by atoms with van der Waals surface area (Å²) in [5.41, 5.74) is 11.1. The van der Waals surface area contributed by atoms with E-state index in [-0.39, 0.29) is 5.95 Å². The van der Waals surface area contributed by atoms with Crippen molar-refractivity contribution in [2.24, 2.45) is 5.73 Å². The van der Waals surface area contributed by atoms with Crippen molar-refractivity contribution < 1.29 is 0 Å². The predicted octanol–water partition coefficient (Wildman–Crippen LogP) is -0.695. The maximum absolute atomic E-state index is 5.62. The maximum Gasteiger partial charge on any atom is 0.231 e. The molecule has 7 nitrogen and oxygen atoms in total. The molecule has 0 aliphatic carbocycles. The third-order valence-corrected chi connectivity index (χ3v) is 2.07. The molecular formula is C9H19N7. The van der Waals surface area contributed by atoms with Gasteiger partial charge in [-0.25, -0.2) is 0 Å². The van der Waals surface area contributed by atoms with Crippen molar-refractivity contribution in [3.63, 3.8) is 0 Å². The average molecular weight is 225 g/mol. The monoisotopic (exact) mass is 225 g/mol. The molecule has 0 unspecified atom stereocenters. The molecular weight excluding hydrogens is 206 g/mol. The molecule has 0 atom stereocenters. The first-order valence-electron chi connectivity index (χ1n) is 5.14. The van der Waals surface area contributed by atoms with E-state index in [1.54, 1.807) is 4.90 Å². The van der Waals surface area contributed by atoms with E-state index in [2.05, 4.69) is 15.0 Å². The second-order valence-electron chi connectivity index (χ2n) is 3.75. The summed E-state index contributed by atoms with van der Waals surface area (Å²) < 4.78 is 0. The van der Waals surface area contributed by atoms with Gasteiger partial charge in [0.25, 0.3) is 0 Å². The van der Waals surface area contributed by atoms with Crippen LogP contribution in [0.25, 0.3) is 0 Å². The minimum absolute atomic E-state index is 0.230. The van der Waals surface area contributed by atoms with Crippen molar-refractivity contribution in [3.8, 4) is 0 Å². The first-order chi connectivity index (χ1) is 7.54. The highest BCUT2D eigenvalue weighted by Crippen LogP contribution is 2.12. The highest BCUT2D eigenvalue weighted by molar-refractivity contribution is 5.41. The van der Waals surface area contributed by atoms with Crippen LogP contribution in [0.5, 0.6) is 0 Å². The van der Waals surface area contributed by atoms with Gasteiger partial charge in [0.1, 0.15) is 0 Å². The number of hydrogen-bond donors (Lipinski definition) is 2. The fraction of sp³-hybridized carbons (Fsp3) is 0.667. The van der Waals surface area contributed by atoms with E-state index in [1.165, 1.54) is 0 Å². The van der Waals surface area contributed by atoms with Gasteiger partial charge in [-0.05, 0) is 13.0 Å². The van der Waals surface area contributed by atoms with Crippen LogP contribution < -0.4 is 21.3 Å². The number of nitrogen functional groups attached to an aromatic ring is 1. The van der Waals surface area contributed by atoms with Gasteiger partial charge in [-0.1, -0.05) is 0 Å². The summed E-state index contributed by atoms with van der Waals surface area (Å²) in [6.45, 7) is 1.44. The Kier molecular flexibility index (Phi) is 4.24. The lowest BCUT2D eigenvalue weighted by molar-refractivity contribution is 0.770. The number of anilines is 3. The number of nitrogens with two attached hydrogens (primary N) is 2. The van der Waals surface area contributed by atoms with Crippen LogP contribution in [0.15, 0.2) is 0 Å². The molecule has 0 aliphatic heterocycles. The summed E-state index contributed by atoms with van der Waals surface area (Å²) in [5.74, 6) is 1.36. The summed E-state index contributed by atoms with van der Waals surface area (Å²) in [6, 6.07) is 0. The van der Waals surface area contributed by atoms with Crippen molar-refractivity contribution in [3.05, 3.63) is 0 Å². The van der Waals surface area contributed by atoms with Crippen LogP contribution >= 0.6 is 0 Å². The Bertz CT molecular complexity index is 339. The normalized spacial score (nSPS) is 10.2. The standard InChI is InChI=1S/C9H19N7/c1-15(2)8-12-7(11)13-9(14-8)16(3)6-4-5-10/h4-6,10H2,1-3H3,(H2,11,12,13,14). The van der Waals surface area contributed by atoms with Crippen molar-refractivity contribution >= 4 is 17.8 Å². The van der Waals surface area contributed by atoms with Gasteiger partial charge in [0.15, 0.2) is 0 Å². The Morgan fingerprint density at radius 1 is 1.06 bits per heavy atom. The smallest absolute Gasteiger partial charge is 0.231 e. The topological polar surface area (TPSA) is 97.2 Å². The van der Waals surface area contributed by atoms with Gasteiger partial charge in [0, 0.05) is 27.7 Å². The van der Waals surface area contributed by atoms with E-state index in [4.69, 9.17) is 11.5 Å². The van der Waals surface area contributed by atoms with Crippen LogP contribution in [0.1, 0.15) is 6.42 Å². The van der Waals surface area contributed by atoms with Gasteiger partial charge < -0.3 is 21.3 Å². The molecule has 1 aromatic heterocycles. The summed E-state index contributed by atoms with van der Waals surface area (Å²) in [7, 11) is 5.63. The third-order valence-electron chi connectivity index (χ3n) is 2.07. The molecule has 0 aromatic carbocycles. The molecule has 0 spiro atoms. The van der Waals surface area contributed by atoms with E-state index in [1.807, 2.05) is 26.0 Å². The van der Waals surface area contributed by atoms with Crippen molar-refractivity contribution in [2.45, 2.75) is 6.42 Å². The predicted molar refractivity (Wildman–Crippen MR) is 65.5 cm³/mol. The van der Waals surface area contributed by atoms with Crippen LogP contribution in [0.4, 0.5) is 17.8 Å². The summed E-state index contributed by atoms with van der Waals surface area (Å²) in [6.07, 6.45) is 0.888. The zero-order chi connectivity index (χ0) is 12.1. The Labute approximate surface area is 95.5 Å². The van der Waals surface area contributed by atoms with Crippen LogP contribution in [-0.2, 0) is 0 Å². The molecule has 1 rings (SSSR count). The second-order valence-corrected chi connectivity index (χ2v) is 3.75. The number of nitrogens with zero attached hydrogens (tertiary/aromatic N) is 5. The fourth-order valence-electron chi connectivity index (χ4n) is 1.17. The summed E-state index contributed by atoms with van der Waals surface area (Å²) in [4.78, 5) is 16.1. The number of rotatable bonds is 5. The lowest BCUT2D eigenvalue weighted by Crippen LogP contribution is -2.25. The second kappa shape index (κ2) is 5.45.